The van der Waals surface area contributed by atoms with Crippen molar-refractivity contribution in [2.45, 2.75) is 51.4 Å². The van der Waals surface area contributed by atoms with Gasteiger partial charge in [0.2, 0.25) is 0 Å². The highest BCUT2D eigenvalue weighted by atomic mass is 16.1. The molecule has 0 aliphatic rings. The first-order chi connectivity index (χ1) is 7.35. The summed E-state index contributed by atoms with van der Waals surface area (Å²) < 4.78 is 0. The van der Waals surface area contributed by atoms with E-state index in [0.717, 1.165) is 25.5 Å². The molecular weight excluding hydrogens is 184 g/mol. The van der Waals surface area contributed by atoms with E-state index in [4.69, 9.17) is 0 Å². The third-order valence-electron chi connectivity index (χ3n) is 2.65. The molecule has 1 nitrogen and oxygen atoms in total. The van der Waals surface area contributed by atoms with Crippen molar-refractivity contribution in [2.75, 3.05) is 0 Å². The number of aldehydes is 1. The lowest BCUT2D eigenvalue weighted by molar-refractivity contribution is -0.111. The molecule has 0 radical (unpaired) electrons. The zero-order valence-corrected chi connectivity index (χ0v) is 9.79. The van der Waals surface area contributed by atoms with E-state index in [1.165, 1.54) is 32.1 Å². The lowest BCUT2D eigenvalue weighted by Gasteiger charge is -2.06. The minimum atomic E-state index is 0.204. The van der Waals surface area contributed by atoms with E-state index in [1.54, 1.807) is 0 Å². The predicted molar refractivity (Wildman–Crippen MR) is 66.9 cm³/mol. The maximum atomic E-state index is 10.6. The quantitative estimate of drug-likeness (QED) is 0.281. The van der Waals surface area contributed by atoms with E-state index in [0.29, 0.717) is 0 Å². The van der Waals surface area contributed by atoms with Gasteiger partial charge in [0.25, 0.3) is 0 Å². The molecule has 0 bridgehead atoms. The number of carbonyl (C=O) groups is 1. The van der Waals surface area contributed by atoms with E-state index in [2.05, 4.69) is 13.2 Å². The van der Waals surface area contributed by atoms with Crippen LogP contribution >= 0.6 is 0 Å². The number of allylic oxidation sites excluding steroid dienone is 2. The SMILES string of the molecule is C=CCCCCCCC[C@@H](C=O)CC=C. The maximum absolute atomic E-state index is 10.6. The van der Waals surface area contributed by atoms with Crippen LogP contribution in [0.2, 0.25) is 0 Å². The van der Waals surface area contributed by atoms with Gasteiger partial charge in [-0.2, -0.15) is 0 Å². The Kier molecular flexibility index (Phi) is 10.6. The summed E-state index contributed by atoms with van der Waals surface area (Å²) in [6, 6.07) is 0. The van der Waals surface area contributed by atoms with Crippen LogP contribution in [0.15, 0.2) is 25.3 Å². The first-order valence-electron chi connectivity index (χ1n) is 6.02. The van der Waals surface area contributed by atoms with Crippen molar-refractivity contribution >= 4 is 6.29 Å². The van der Waals surface area contributed by atoms with Crippen LogP contribution in [0.1, 0.15) is 51.4 Å². The molecule has 0 aromatic rings. The minimum absolute atomic E-state index is 0.204. The van der Waals surface area contributed by atoms with Gasteiger partial charge >= 0.3 is 0 Å². The third-order valence-corrected chi connectivity index (χ3v) is 2.65. The average molecular weight is 208 g/mol. The Morgan fingerprint density at radius 3 is 2.20 bits per heavy atom. The Morgan fingerprint density at radius 2 is 1.60 bits per heavy atom. The Hall–Kier alpha value is -0.850. The Labute approximate surface area is 94.3 Å². The highest BCUT2D eigenvalue weighted by Gasteiger charge is 2.03. The van der Waals surface area contributed by atoms with Crippen molar-refractivity contribution in [1.82, 2.24) is 0 Å². The van der Waals surface area contributed by atoms with E-state index >= 15 is 0 Å². The summed E-state index contributed by atoms with van der Waals surface area (Å²) in [5.74, 6) is 0.204. The van der Waals surface area contributed by atoms with Crippen LogP contribution in [0.5, 0.6) is 0 Å². The van der Waals surface area contributed by atoms with Gasteiger partial charge in [-0.25, -0.2) is 0 Å². The molecule has 0 amide bonds. The molecule has 1 atom stereocenters. The molecule has 0 unspecified atom stereocenters. The van der Waals surface area contributed by atoms with E-state index in [-0.39, 0.29) is 5.92 Å². The van der Waals surface area contributed by atoms with Crippen LogP contribution in [0.3, 0.4) is 0 Å². The summed E-state index contributed by atoms with van der Waals surface area (Å²) in [6.07, 6.45) is 14.1. The highest BCUT2D eigenvalue weighted by Crippen LogP contribution is 2.13. The van der Waals surface area contributed by atoms with E-state index in [9.17, 15) is 4.79 Å². The highest BCUT2D eigenvalue weighted by molar-refractivity contribution is 5.53. The van der Waals surface area contributed by atoms with Gasteiger partial charge in [0.1, 0.15) is 6.29 Å². The number of carbonyl (C=O) groups excluding carboxylic acids is 1. The zero-order chi connectivity index (χ0) is 11.4. The van der Waals surface area contributed by atoms with Crippen LogP contribution in [0.25, 0.3) is 0 Å². The summed E-state index contributed by atoms with van der Waals surface area (Å²) >= 11 is 0. The second kappa shape index (κ2) is 11.2. The molecule has 0 fully saturated rings. The largest absolute Gasteiger partial charge is 0.303 e. The van der Waals surface area contributed by atoms with Crippen LogP contribution in [0, 0.1) is 5.92 Å². The summed E-state index contributed by atoms with van der Waals surface area (Å²) in [7, 11) is 0. The second-order valence-electron chi connectivity index (χ2n) is 4.05. The number of hydrogen-bond donors (Lipinski definition) is 0. The molecule has 0 saturated carbocycles. The fourth-order valence-corrected chi connectivity index (χ4v) is 1.68. The molecule has 0 aliphatic carbocycles. The third kappa shape index (κ3) is 9.45. The van der Waals surface area contributed by atoms with Gasteiger partial charge in [0, 0.05) is 5.92 Å². The van der Waals surface area contributed by atoms with E-state index < -0.39 is 0 Å². The monoisotopic (exact) mass is 208 g/mol. The molecule has 0 spiro atoms. The molecule has 1 heteroatoms. The average Bonchev–Trinajstić information content (AvgIpc) is 2.26. The molecule has 86 valence electrons. The van der Waals surface area contributed by atoms with Gasteiger partial charge in [-0.3, -0.25) is 0 Å². The summed E-state index contributed by atoms with van der Waals surface area (Å²) in [4.78, 5) is 10.6. The van der Waals surface area contributed by atoms with Gasteiger partial charge in [0.15, 0.2) is 0 Å². The predicted octanol–water partition coefficient (Wildman–Crippen LogP) is 4.29. The molecule has 0 rings (SSSR count). The fraction of sp³-hybridized carbons (Fsp3) is 0.643. The van der Waals surface area contributed by atoms with Gasteiger partial charge in [-0.15, -0.1) is 13.2 Å². The van der Waals surface area contributed by atoms with Crippen molar-refractivity contribution in [1.29, 1.82) is 0 Å². The van der Waals surface area contributed by atoms with Crippen molar-refractivity contribution in [3.63, 3.8) is 0 Å². The zero-order valence-electron chi connectivity index (χ0n) is 9.79. The second-order valence-corrected chi connectivity index (χ2v) is 4.05. The molecule has 0 heterocycles. The Bertz CT molecular complexity index is 172. The Morgan fingerprint density at radius 1 is 0.933 bits per heavy atom. The van der Waals surface area contributed by atoms with Gasteiger partial charge in [-0.1, -0.05) is 37.8 Å². The molecule has 0 saturated heterocycles. The molecule has 0 N–H and O–H groups in total. The molecule has 0 aromatic heterocycles. The van der Waals surface area contributed by atoms with Crippen LogP contribution in [-0.4, -0.2) is 6.29 Å². The van der Waals surface area contributed by atoms with Gasteiger partial charge in [-0.05, 0) is 25.7 Å². The molecule has 15 heavy (non-hydrogen) atoms. The van der Waals surface area contributed by atoms with Crippen molar-refractivity contribution in [3.05, 3.63) is 25.3 Å². The number of unbranched alkanes of at least 4 members (excludes halogenated alkanes) is 5. The lowest BCUT2D eigenvalue weighted by Crippen LogP contribution is -2.00. The van der Waals surface area contributed by atoms with Crippen molar-refractivity contribution in [2.24, 2.45) is 5.92 Å². The van der Waals surface area contributed by atoms with E-state index in [1.807, 2.05) is 12.2 Å². The molecular formula is C14H24O. The fourth-order valence-electron chi connectivity index (χ4n) is 1.68. The molecule has 0 aromatic carbocycles. The summed E-state index contributed by atoms with van der Waals surface area (Å²) in [5, 5.41) is 0. The maximum Gasteiger partial charge on any atom is 0.123 e. The minimum Gasteiger partial charge on any atom is -0.303 e. The first-order valence-corrected chi connectivity index (χ1v) is 6.02. The van der Waals surface area contributed by atoms with Gasteiger partial charge in [0.05, 0.1) is 0 Å². The van der Waals surface area contributed by atoms with Crippen LogP contribution < -0.4 is 0 Å². The summed E-state index contributed by atoms with van der Waals surface area (Å²) in [6.45, 7) is 7.36. The van der Waals surface area contributed by atoms with Crippen LogP contribution in [-0.2, 0) is 4.79 Å². The van der Waals surface area contributed by atoms with Gasteiger partial charge < -0.3 is 4.79 Å². The Balaban J connectivity index is 3.24. The summed E-state index contributed by atoms with van der Waals surface area (Å²) in [5.41, 5.74) is 0. The first kappa shape index (κ1) is 14.2. The molecule has 0 aliphatic heterocycles. The smallest absolute Gasteiger partial charge is 0.123 e. The van der Waals surface area contributed by atoms with Crippen molar-refractivity contribution < 1.29 is 4.79 Å². The van der Waals surface area contributed by atoms with Crippen molar-refractivity contribution in [3.8, 4) is 0 Å². The standard InChI is InChI=1S/C14H24O/c1-3-5-6-7-8-9-10-12-14(13-15)11-4-2/h3-4,13-14H,1-2,5-12H2/t14-/m0/s1. The lowest BCUT2D eigenvalue weighted by atomic mass is 9.98. The van der Waals surface area contributed by atoms with Crippen LogP contribution in [0.4, 0.5) is 0 Å². The number of rotatable bonds is 11. The normalized spacial score (nSPS) is 12.0. The number of hydrogen-bond acceptors (Lipinski definition) is 1. The topological polar surface area (TPSA) is 17.1 Å².